The predicted molar refractivity (Wildman–Crippen MR) is 72.1 cm³/mol. The van der Waals surface area contributed by atoms with Gasteiger partial charge in [0.1, 0.15) is 0 Å². The molecule has 0 amide bonds. The Balaban J connectivity index is 0.00000144. The Kier molecular flexibility index (Phi) is 5.24. The first-order chi connectivity index (χ1) is 7.61. The van der Waals surface area contributed by atoms with Crippen molar-refractivity contribution in [3.8, 4) is 0 Å². The zero-order chi connectivity index (χ0) is 11.7. The van der Waals surface area contributed by atoms with E-state index < -0.39 is 0 Å². The number of hydrogen-bond acceptors (Lipinski definition) is 0. The van der Waals surface area contributed by atoms with Gasteiger partial charge >= 0.3 is 29.6 Å². The molecular weight excluding hydrogens is 215 g/mol. The maximum atomic E-state index is 2.29. The van der Waals surface area contributed by atoms with Crippen LogP contribution in [0.3, 0.4) is 0 Å². The molecule has 0 aliphatic heterocycles. The van der Waals surface area contributed by atoms with Crippen LogP contribution in [0.15, 0.2) is 36.4 Å². The van der Waals surface area contributed by atoms with Crippen molar-refractivity contribution in [3.05, 3.63) is 47.5 Å². The summed E-state index contributed by atoms with van der Waals surface area (Å²) in [6.07, 6.45) is 0. The molecular formula is C16H20Na+. The third-order valence-corrected chi connectivity index (χ3v) is 3.20. The largest absolute Gasteiger partial charge is 1.00 e. The molecule has 0 saturated heterocycles. The van der Waals surface area contributed by atoms with Crippen molar-refractivity contribution in [3.63, 3.8) is 0 Å². The molecule has 0 nitrogen and oxygen atoms in total. The third-order valence-electron chi connectivity index (χ3n) is 3.20. The molecule has 2 rings (SSSR count). The van der Waals surface area contributed by atoms with E-state index in [1.807, 2.05) is 0 Å². The van der Waals surface area contributed by atoms with Gasteiger partial charge in [-0.15, -0.1) is 0 Å². The van der Waals surface area contributed by atoms with Gasteiger partial charge in [0, 0.05) is 0 Å². The number of fused-ring (bicyclic) bond motifs is 1. The molecule has 84 valence electrons. The van der Waals surface area contributed by atoms with Gasteiger partial charge in [-0.1, -0.05) is 64.1 Å². The summed E-state index contributed by atoms with van der Waals surface area (Å²) in [5.74, 6) is 1.19. The van der Waals surface area contributed by atoms with Gasteiger partial charge in [-0.3, -0.25) is 0 Å². The van der Waals surface area contributed by atoms with Gasteiger partial charge in [0.15, 0.2) is 0 Å². The molecule has 1 heteroatoms. The molecule has 0 N–H and O–H groups in total. The van der Waals surface area contributed by atoms with E-state index >= 15 is 0 Å². The van der Waals surface area contributed by atoms with Crippen LogP contribution in [0.25, 0.3) is 10.8 Å². The van der Waals surface area contributed by atoms with Gasteiger partial charge in [0.25, 0.3) is 0 Å². The Morgan fingerprint density at radius 2 is 1.41 bits per heavy atom. The van der Waals surface area contributed by atoms with Crippen LogP contribution >= 0.6 is 0 Å². The molecule has 0 saturated carbocycles. The van der Waals surface area contributed by atoms with Crippen LogP contribution < -0.4 is 29.6 Å². The van der Waals surface area contributed by atoms with Crippen molar-refractivity contribution in [2.45, 2.75) is 39.5 Å². The normalized spacial score (nSPS) is 10.9. The first-order valence-corrected chi connectivity index (χ1v) is 6.12. The first-order valence-electron chi connectivity index (χ1n) is 6.12. The van der Waals surface area contributed by atoms with Crippen molar-refractivity contribution in [2.24, 2.45) is 0 Å². The molecule has 0 heterocycles. The summed E-state index contributed by atoms with van der Waals surface area (Å²) in [4.78, 5) is 0. The van der Waals surface area contributed by atoms with E-state index in [2.05, 4.69) is 64.1 Å². The molecule has 0 bridgehead atoms. The van der Waals surface area contributed by atoms with Crippen LogP contribution in [0.5, 0.6) is 0 Å². The summed E-state index contributed by atoms with van der Waals surface area (Å²) >= 11 is 0. The zero-order valence-electron chi connectivity index (χ0n) is 11.6. The SMILES string of the molecule is CC(C)c1ccc2ccccc2c1C(C)C.[Na+]. The number of rotatable bonds is 2. The average Bonchev–Trinajstić information content (AvgIpc) is 2.27. The van der Waals surface area contributed by atoms with Crippen LogP contribution in [0.1, 0.15) is 50.7 Å². The maximum absolute atomic E-state index is 2.29. The Morgan fingerprint density at radius 3 is 2.00 bits per heavy atom. The molecule has 0 aliphatic carbocycles. The Morgan fingerprint density at radius 1 is 0.765 bits per heavy atom. The monoisotopic (exact) mass is 235 g/mol. The van der Waals surface area contributed by atoms with Gasteiger partial charge < -0.3 is 0 Å². The molecule has 0 radical (unpaired) electrons. The molecule has 17 heavy (non-hydrogen) atoms. The molecule has 0 aliphatic rings. The third kappa shape index (κ3) is 2.93. The molecule has 0 fully saturated rings. The maximum Gasteiger partial charge on any atom is 1.00 e. The quantitative estimate of drug-likeness (QED) is 0.699. The summed E-state index contributed by atoms with van der Waals surface area (Å²) in [5.41, 5.74) is 3.02. The van der Waals surface area contributed by atoms with Crippen molar-refractivity contribution in [2.75, 3.05) is 0 Å². The molecule has 0 atom stereocenters. The van der Waals surface area contributed by atoms with E-state index in [-0.39, 0.29) is 29.6 Å². The molecule has 2 aromatic rings. The predicted octanol–water partition coefficient (Wildman–Crippen LogP) is 2.09. The minimum atomic E-state index is 0. The Hall–Kier alpha value is -0.300. The van der Waals surface area contributed by atoms with Crippen molar-refractivity contribution < 1.29 is 29.6 Å². The van der Waals surface area contributed by atoms with Gasteiger partial charge in [-0.25, -0.2) is 0 Å². The van der Waals surface area contributed by atoms with E-state index in [1.54, 1.807) is 0 Å². The smallest absolute Gasteiger partial charge is 0.0616 e. The second-order valence-electron chi connectivity index (χ2n) is 5.10. The summed E-state index contributed by atoms with van der Waals surface area (Å²) in [5, 5.41) is 2.78. The zero-order valence-corrected chi connectivity index (χ0v) is 13.6. The topological polar surface area (TPSA) is 0 Å². The fraction of sp³-hybridized carbons (Fsp3) is 0.375. The summed E-state index contributed by atoms with van der Waals surface area (Å²) in [6.45, 7) is 9.12. The van der Waals surface area contributed by atoms with Crippen LogP contribution in [-0.2, 0) is 0 Å². The standard InChI is InChI=1S/C16H20.Na/c1-11(2)14-10-9-13-7-5-6-8-15(13)16(14)12(3)4;/h5-12H,1-4H3;/q;+1. The molecule has 0 spiro atoms. The number of hydrogen-bond donors (Lipinski definition) is 0. The van der Waals surface area contributed by atoms with E-state index in [0.29, 0.717) is 11.8 Å². The minimum absolute atomic E-state index is 0. The fourth-order valence-electron chi connectivity index (χ4n) is 2.46. The summed E-state index contributed by atoms with van der Waals surface area (Å²) in [6, 6.07) is 13.2. The van der Waals surface area contributed by atoms with Gasteiger partial charge in [-0.05, 0) is 33.7 Å². The van der Waals surface area contributed by atoms with E-state index in [4.69, 9.17) is 0 Å². The Labute approximate surface area is 127 Å². The molecule has 0 unspecified atom stereocenters. The molecule has 0 aromatic heterocycles. The van der Waals surface area contributed by atoms with Gasteiger partial charge in [-0.2, -0.15) is 0 Å². The van der Waals surface area contributed by atoms with Crippen molar-refractivity contribution >= 4 is 10.8 Å². The number of benzene rings is 2. The van der Waals surface area contributed by atoms with Crippen LogP contribution in [0, 0.1) is 0 Å². The fourth-order valence-corrected chi connectivity index (χ4v) is 2.46. The van der Waals surface area contributed by atoms with Gasteiger partial charge in [0.05, 0.1) is 0 Å². The van der Waals surface area contributed by atoms with E-state index in [1.165, 1.54) is 21.9 Å². The van der Waals surface area contributed by atoms with Crippen LogP contribution in [0.4, 0.5) is 0 Å². The van der Waals surface area contributed by atoms with E-state index in [0.717, 1.165) is 0 Å². The summed E-state index contributed by atoms with van der Waals surface area (Å²) in [7, 11) is 0. The minimum Gasteiger partial charge on any atom is -0.0616 e. The van der Waals surface area contributed by atoms with Crippen molar-refractivity contribution in [1.82, 2.24) is 0 Å². The summed E-state index contributed by atoms with van der Waals surface area (Å²) < 4.78 is 0. The Bertz CT molecular complexity index is 498. The van der Waals surface area contributed by atoms with Crippen LogP contribution in [0.2, 0.25) is 0 Å². The van der Waals surface area contributed by atoms with Gasteiger partial charge in [0.2, 0.25) is 0 Å². The second-order valence-corrected chi connectivity index (χ2v) is 5.10. The van der Waals surface area contributed by atoms with E-state index in [9.17, 15) is 0 Å². The second kappa shape index (κ2) is 6.04. The van der Waals surface area contributed by atoms with Crippen molar-refractivity contribution in [1.29, 1.82) is 0 Å². The first kappa shape index (κ1) is 14.8. The molecule has 2 aromatic carbocycles. The van der Waals surface area contributed by atoms with Crippen LogP contribution in [-0.4, -0.2) is 0 Å². The average molecular weight is 235 g/mol.